The number of hydrogen-bond donors (Lipinski definition) is 4. The Bertz CT molecular complexity index is 1140. The van der Waals surface area contributed by atoms with Crippen molar-refractivity contribution >= 4 is 0 Å². The van der Waals surface area contributed by atoms with Crippen molar-refractivity contribution in [3.05, 3.63) is 79.4 Å². The van der Waals surface area contributed by atoms with Gasteiger partial charge in [-0.05, 0) is 18.2 Å². The molecule has 3 aromatic rings. The fraction of sp³-hybridized carbons (Fsp3) is 0.238. The van der Waals surface area contributed by atoms with Crippen molar-refractivity contribution in [2.75, 3.05) is 14.2 Å². The van der Waals surface area contributed by atoms with Gasteiger partial charge < -0.3 is 38.7 Å². The number of aliphatic hydroxyl groups excluding tert-OH is 2. The monoisotopic (exact) mass is 432 g/mol. The summed E-state index contributed by atoms with van der Waals surface area (Å²) in [5, 5.41) is 39.9. The second kappa shape index (κ2) is 8.94. The predicted octanol–water partition coefficient (Wildman–Crippen LogP) is 1.19. The molecule has 0 atom stereocenters. The Labute approximate surface area is 175 Å². The smallest absolute Gasteiger partial charge is 0.227 e. The molecule has 31 heavy (non-hydrogen) atoms. The van der Waals surface area contributed by atoms with Crippen LogP contribution in [0.4, 0.5) is 0 Å². The van der Waals surface area contributed by atoms with E-state index in [9.17, 15) is 30.0 Å². The quantitative estimate of drug-likeness (QED) is 0.427. The molecule has 0 bridgehead atoms. The standard InChI is InChI=1S/C21H20O10/c1-28-10-3-4-16(29-2)13(5-10)17(20-18(26)14(24)6-11(8-22)30-20)21-19(27)15(25)7-12(9-23)31-21/h3-7,17,22-23,26-27H,8-9H2,1-2H3. The molecule has 2 aromatic heterocycles. The molecule has 4 N–H and O–H groups in total. The molecule has 2 heterocycles. The molecule has 0 unspecified atom stereocenters. The van der Waals surface area contributed by atoms with E-state index in [-0.39, 0.29) is 22.8 Å². The minimum Gasteiger partial charge on any atom is -0.502 e. The van der Waals surface area contributed by atoms with Gasteiger partial charge in [0, 0.05) is 17.7 Å². The molecule has 0 amide bonds. The number of benzene rings is 1. The molecule has 164 valence electrons. The zero-order valence-electron chi connectivity index (χ0n) is 16.6. The number of rotatable bonds is 7. The van der Waals surface area contributed by atoms with Crippen LogP contribution in [0.3, 0.4) is 0 Å². The first kappa shape index (κ1) is 21.9. The average molecular weight is 432 g/mol. The van der Waals surface area contributed by atoms with Crippen molar-refractivity contribution in [3.8, 4) is 23.0 Å². The van der Waals surface area contributed by atoms with Gasteiger partial charge in [-0.3, -0.25) is 9.59 Å². The van der Waals surface area contributed by atoms with Crippen LogP contribution in [0, 0.1) is 0 Å². The topological polar surface area (TPSA) is 160 Å². The van der Waals surface area contributed by atoms with Crippen LogP contribution in [0.2, 0.25) is 0 Å². The molecule has 0 radical (unpaired) electrons. The molecule has 0 saturated heterocycles. The summed E-state index contributed by atoms with van der Waals surface area (Å²) in [4.78, 5) is 24.5. The van der Waals surface area contributed by atoms with Gasteiger partial charge in [0.2, 0.25) is 22.4 Å². The van der Waals surface area contributed by atoms with Crippen molar-refractivity contribution in [3.63, 3.8) is 0 Å². The SMILES string of the molecule is COc1ccc(OC)c(C(c2oc(CO)cc(=O)c2O)c2oc(CO)cc(=O)c2O)c1. The molecular formula is C21H20O10. The van der Waals surface area contributed by atoms with Gasteiger partial charge in [-0.25, -0.2) is 0 Å². The highest BCUT2D eigenvalue weighted by atomic mass is 16.5. The molecule has 0 fully saturated rings. The van der Waals surface area contributed by atoms with E-state index in [0.717, 1.165) is 12.1 Å². The van der Waals surface area contributed by atoms with E-state index in [4.69, 9.17) is 18.3 Å². The molecule has 3 rings (SSSR count). The lowest BCUT2D eigenvalue weighted by molar-refractivity contribution is 0.224. The van der Waals surface area contributed by atoms with Crippen LogP contribution in [0.25, 0.3) is 0 Å². The highest BCUT2D eigenvalue weighted by Gasteiger charge is 2.33. The van der Waals surface area contributed by atoms with Crippen molar-refractivity contribution in [2.45, 2.75) is 19.1 Å². The summed E-state index contributed by atoms with van der Waals surface area (Å²) in [6, 6.07) is 6.38. The Morgan fingerprint density at radius 2 is 1.35 bits per heavy atom. The second-order valence-electron chi connectivity index (χ2n) is 6.44. The first-order chi connectivity index (χ1) is 14.8. The Kier molecular flexibility index (Phi) is 6.33. The van der Waals surface area contributed by atoms with Crippen LogP contribution >= 0.6 is 0 Å². The molecule has 0 spiro atoms. The number of ether oxygens (including phenoxy) is 2. The van der Waals surface area contributed by atoms with Crippen LogP contribution in [0.5, 0.6) is 23.0 Å². The van der Waals surface area contributed by atoms with E-state index in [1.54, 1.807) is 6.07 Å². The van der Waals surface area contributed by atoms with Gasteiger partial charge in [0.25, 0.3) is 0 Å². The largest absolute Gasteiger partial charge is 0.502 e. The highest BCUT2D eigenvalue weighted by molar-refractivity contribution is 5.52. The van der Waals surface area contributed by atoms with Crippen LogP contribution in [0.15, 0.2) is 48.8 Å². The number of aliphatic hydroxyl groups is 2. The van der Waals surface area contributed by atoms with Gasteiger partial charge in [0.15, 0.2) is 11.5 Å². The third kappa shape index (κ3) is 4.11. The summed E-state index contributed by atoms with van der Waals surface area (Å²) in [6.07, 6.45) is 0. The molecule has 1 aromatic carbocycles. The normalized spacial score (nSPS) is 11.0. The number of hydrogen-bond acceptors (Lipinski definition) is 10. The third-order valence-corrected chi connectivity index (χ3v) is 4.58. The summed E-state index contributed by atoms with van der Waals surface area (Å²) in [5.41, 5.74) is -1.53. The molecular weight excluding hydrogens is 412 g/mol. The zero-order chi connectivity index (χ0) is 22.7. The molecule has 0 aliphatic rings. The minimum absolute atomic E-state index is 0.176. The lowest BCUT2D eigenvalue weighted by atomic mass is 9.90. The van der Waals surface area contributed by atoms with E-state index in [0.29, 0.717) is 5.75 Å². The fourth-order valence-corrected chi connectivity index (χ4v) is 3.12. The maximum atomic E-state index is 12.3. The summed E-state index contributed by atoms with van der Waals surface area (Å²) in [6.45, 7) is -1.31. The van der Waals surface area contributed by atoms with Gasteiger partial charge in [-0.15, -0.1) is 0 Å². The molecule has 0 aliphatic carbocycles. The van der Waals surface area contributed by atoms with E-state index >= 15 is 0 Å². The van der Waals surface area contributed by atoms with E-state index < -0.39 is 53.0 Å². The van der Waals surface area contributed by atoms with Gasteiger partial charge in [-0.1, -0.05) is 0 Å². The van der Waals surface area contributed by atoms with Crippen LogP contribution < -0.4 is 20.3 Å². The van der Waals surface area contributed by atoms with Crippen molar-refractivity contribution in [1.29, 1.82) is 0 Å². The Hall–Kier alpha value is -3.76. The van der Waals surface area contributed by atoms with E-state index in [1.807, 2.05) is 0 Å². The number of aromatic hydroxyl groups is 2. The highest BCUT2D eigenvalue weighted by Crippen LogP contribution is 2.43. The van der Waals surface area contributed by atoms with E-state index in [2.05, 4.69) is 0 Å². The average Bonchev–Trinajstić information content (AvgIpc) is 2.78. The fourth-order valence-electron chi connectivity index (χ4n) is 3.12. The Morgan fingerprint density at radius 3 is 1.77 bits per heavy atom. The van der Waals surface area contributed by atoms with E-state index in [1.165, 1.54) is 26.4 Å². The zero-order valence-corrected chi connectivity index (χ0v) is 16.6. The third-order valence-electron chi connectivity index (χ3n) is 4.58. The predicted molar refractivity (Wildman–Crippen MR) is 106 cm³/mol. The summed E-state index contributed by atoms with van der Waals surface area (Å²) >= 11 is 0. The lowest BCUT2D eigenvalue weighted by Crippen LogP contribution is -2.15. The van der Waals surface area contributed by atoms with Gasteiger partial charge in [0.05, 0.1) is 14.2 Å². The molecule has 0 aliphatic heterocycles. The van der Waals surface area contributed by atoms with Gasteiger partial charge in [-0.2, -0.15) is 0 Å². The van der Waals surface area contributed by atoms with Crippen LogP contribution in [-0.2, 0) is 13.2 Å². The lowest BCUT2D eigenvalue weighted by Gasteiger charge is -2.21. The summed E-state index contributed by atoms with van der Waals surface area (Å²) in [5.74, 6) is -3.67. The van der Waals surface area contributed by atoms with Gasteiger partial charge >= 0.3 is 0 Å². The summed E-state index contributed by atoms with van der Waals surface area (Å²) < 4.78 is 21.6. The minimum atomic E-state index is -1.39. The van der Waals surface area contributed by atoms with Crippen LogP contribution in [-0.4, -0.2) is 34.6 Å². The van der Waals surface area contributed by atoms with Gasteiger partial charge in [0.1, 0.15) is 42.2 Å². The molecule has 10 heteroatoms. The molecule has 10 nitrogen and oxygen atoms in total. The van der Waals surface area contributed by atoms with Crippen molar-refractivity contribution in [2.24, 2.45) is 0 Å². The van der Waals surface area contributed by atoms with Crippen LogP contribution in [0.1, 0.15) is 34.5 Å². The Morgan fingerprint density at radius 1 is 0.839 bits per heavy atom. The second-order valence-corrected chi connectivity index (χ2v) is 6.44. The Balaban J connectivity index is 2.46. The van der Waals surface area contributed by atoms with Crippen molar-refractivity contribution in [1.82, 2.24) is 0 Å². The summed E-state index contributed by atoms with van der Waals surface area (Å²) in [7, 11) is 2.78. The first-order valence-electron chi connectivity index (χ1n) is 9.00. The molecule has 0 saturated carbocycles. The first-order valence-corrected chi connectivity index (χ1v) is 9.00. The van der Waals surface area contributed by atoms with Crippen molar-refractivity contribution < 1.29 is 38.7 Å². The maximum absolute atomic E-state index is 12.3. The number of methoxy groups -OCH3 is 2. The maximum Gasteiger partial charge on any atom is 0.227 e.